The van der Waals surface area contributed by atoms with E-state index in [0.717, 1.165) is 17.8 Å². The van der Waals surface area contributed by atoms with Gasteiger partial charge in [-0.15, -0.1) is 0 Å². The van der Waals surface area contributed by atoms with Gasteiger partial charge in [-0.25, -0.2) is 0 Å². The van der Waals surface area contributed by atoms with Crippen molar-refractivity contribution < 1.29 is 0 Å². The number of fused-ring (bicyclic) bond motifs is 7. The molecule has 11 rings (SSSR count). The van der Waals surface area contributed by atoms with E-state index in [4.69, 9.17) is 0 Å². The molecule has 5 aliphatic rings. The second-order valence-corrected chi connectivity index (χ2v) is 17.1. The van der Waals surface area contributed by atoms with Crippen LogP contribution in [0.1, 0.15) is 112 Å². The summed E-state index contributed by atoms with van der Waals surface area (Å²) in [4.78, 5) is 2.52. The van der Waals surface area contributed by atoms with Gasteiger partial charge in [0, 0.05) is 22.5 Å². The van der Waals surface area contributed by atoms with Crippen LogP contribution in [0.3, 0.4) is 0 Å². The fraction of sp³-hybridized carbons (Fsp3) is 0.333. The number of nitrogens with zero attached hydrogens (tertiary/aromatic N) is 1. The van der Waals surface area contributed by atoms with Gasteiger partial charge in [0.1, 0.15) is 0 Å². The lowest BCUT2D eigenvalue weighted by atomic mass is 9.63. The molecule has 0 aromatic heterocycles. The third kappa shape index (κ3) is 5.42. The van der Waals surface area contributed by atoms with Crippen molar-refractivity contribution in [3.05, 3.63) is 150 Å². The molecular weight excluding hydrogens is 627 g/mol. The highest BCUT2D eigenvalue weighted by atomic mass is 15.1. The van der Waals surface area contributed by atoms with Gasteiger partial charge in [-0.3, -0.25) is 0 Å². The minimum absolute atomic E-state index is 0.0986. The summed E-state index contributed by atoms with van der Waals surface area (Å²) in [7, 11) is 0. The van der Waals surface area contributed by atoms with Crippen LogP contribution < -0.4 is 4.90 Å². The van der Waals surface area contributed by atoms with Gasteiger partial charge >= 0.3 is 0 Å². The van der Waals surface area contributed by atoms with E-state index in [1.807, 2.05) is 0 Å². The quantitative estimate of drug-likeness (QED) is 0.170. The first-order valence-corrected chi connectivity index (χ1v) is 20.3. The van der Waals surface area contributed by atoms with E-state index >= 15 is 0 Å². The van der Waals surface area contributed by atoms with Crippen molar-refractivity contribution in [2.45, 2.75) is 95.3 Å². The lowest BCUT2D eigenvalue weighted by molar-refractivity contribution is 0.145. The van der Waals surface area contributed by atoms with Gasteiger partial charge in [0.05, 0.1) is 0 Å². The van der Waals surface area contributed by atoms with Crippen molar-refractivity contribution >= 4 is 27.8 Å². The second-order valence-electron chi connectivity index (χ2n) is 17.1. The number of hydrogen-bond donors (Lipinski definition) is 0. The predicted octanol–water partition coefficient (Wildman–Crippen LogP) is 14.6. The number of benzene rings is 6. The van der Waals surface area contributed by atoms with E-state index in [2.05, 4.69) is 146 Å². The van der Waals surface area contributed by atoms with E-state index in [0.29, 0.717) is 5.92 Å². The zero-order valence-electron chi connectivity index (χ0n) is 31.0. The zero-order chi connectivity index (χ0) is 34.8. The molecule has 52 heavy (non-hydrogen) atoms. The van der Waals surface area contributed by atoms with Gasteiger partial charge in [0.2, 0.25) is 0 Å². The van der Waals surface area contributed by atoms with Crippen LogP contribution in [0.15, 0.2) is 127 Å². The third-order valence-electron chi connectivity index (χ3n) is 13.9. The Morgan fingerprint density at radius 2 is 1.21 bits per heavy atom. The summed E-state index contributed by atoms with van der Waals surface area (Å²) in [6.07, 6.45) is 13.9. The van der Waals surface area contributed by atoms with Gasteiger partial charge in [-0.2, -0.15) is 0 Å². The van der Waals surface area contributed by atoms with Crippen molar-refractivity contribution in [1.29, 1.82) is 0 Å². The van der Waals surface area contributed by atoms with Gasteiger partial charge in [0.25, 0.3) is 0 Å². The summed E-state index contributed by atoms with van der Waals surface area (Å²) in [5, 5.41) is 2.60. The first-order valence-electron chi connectivity index (χ1n) is 20.3. The molecular formula is C51H51N. The average molecular weight is 678 g/mol. The Morgan fingerprint density at radius 1 is 0.519 bits per heavy atom. The molecule has 4 fully saturated rings. The maximum Gasteiger partial charge on any atom is 0.0465 e. The molecule has 0 amide bonds. The Balaban J connectivity index is 1.04. The zero-order valence-corrected chi connectivity index (χ0v) is 31.0. The average Bonchev–Trinajstić information content (AvgIpc) is 3.44. The predicted molar refractivity (Wildman–Crippen MR) is 220 cm³/mol. The van der Waals surface area contributed by atoms with E-state index in [9.17, 15) is 0 Å². The van der Waals surface area contributed by atoms with Crippen LogP contribution in [0, 0.1) is 11.8 Å². The monoisotopic (exact) mass is 677 g/mol. The van der Waals surface area contributed by atoms with E-state index in [1.165, 1.54) is 131 Å². The molecule has 0 aliphatic heterocycles. The first kappa shape index (κ1) is 32.1. The highest BCUT2D eigenvalue weighted by Crippen LogP contribution is 2.53. The number of anilines is 3. The van der Waals surface area contributed by atoms with Crippen LogP contribution in [0.5, 0.6) is 0 Å². The van der Waals surface area contributed by atoms with Crippen LogP contribution in [-0.4, -0.2) is 0 Å². The normalized spacial score (nSPS) is 21.9. The van der Waals surface area contributed by atoms with Crippen molar-refractivity contribution in [3.63, 3.8) is 0 Å². The van der Waals surface area contributed by atoms with Gasteiger partial charge < -0.3 is 4.90 Å². The first-order chi connectivity index (χ1) is 25.5. The topological polar surface area (TPSA) is 3.24 Å². The molecule has 1 atom stereocenters. The molecule has 0 heterocycles. The Bertz CT molecular complexity index is 2240. The van der Waals surface area contributed by atoms with Crippen LogP contribution >= 0.6 is 0 Å². The fourth-order valence-electron chi connectivity index (χ4n) is 11.0. The summed E-state index contributed by atoms with van der Waals surface area (Å²) in [5.41, 5.74) is 14.8. The van der Waals surface area contributed by atoms with E-state index in [-0.39, 0.29) is 5.41 Å². The smallest absolute Gasteiger partial charge is 0.0465 e. The molecule has 1 unspecified atom stereocenters. The Hall–Kier alpha value is -4.62. The maximum atomic E-state index is 2.52. The highest BCUT2D eigenvalue weighted by molar-refractivity contribution is 5.98. The van der Waals surface area contributed by atoms with Crippen molar-refractivity contribution in [2.24, 2.45) is 11.8 Å². The fourth-order valence-corrected chi connectivity index (χ4v) is 11.0. The second kappa shape index (κ2) is 12.8. The lowest BCUT2D eigenvalue weighted by Crippen LogP contribution is -2.29. The summed E-state index contributed by atoms with van der Waals surface area (Å²) in [5.74, 6) is 3.26. The third-order valence-corrected chi connectivity index (χ3v) is 13.9. The minimum atomic E-state index is -0.0986. The van der Waals surface area contributed by atoms with Gasteiger partial charge in [-0.1, -0.05) is 131 Å². The molecule has 5 aliphatic carbocycles. The van der Waals surface area contributed by atoms with Gasteiger partial charge in [0.15, 0.2) is 0 Å². The summed E-state index contributed by atoms with van der Waals surface area (Å²) >= 11 is 0. The Labute approximate surface area is 310 Å². The molecule has 0 spiro atoms. The molecule has 0 N–H and O–H groups in total. The van der Waals surface area contributed by atoms with Gasteiger partial charge in [-0.05, 0) is 154 Å². The molecule has 0 radical (unpaired) electrons. The molecule has 260 valence electrons. The number of hydrogen-bond acceptors (Lipinski definition) is 1. The van der Waals surface area contributed by atoms with E-state index < -0.39 is 0 Å². The summed E-state index contributed by atoms with van der Waals surface area (Å²) in [6, 6.07) is 49.3. The molecule has 2 bridgehead atoms. The van der Waals surface area contributed by atoms with Crippen LogP contribution in [0.25, 0.3) is 33.0 Å². The van der Waals surface area contributed by atoms with Crippen molar-refractivity contribution in [1.82, 2.24) is 0 Å². The molecule has 6 aromatic rings. The Morgan fingerprint density at radius 3 is 1.94 bits per heavy atom. The largest absolute Gasteiger partial charge is 0.310 e. The lowest BCUT2D eigenvalue weighted by Gasteiger charge is -2.42. The molecule has 0 saturated heterocycles. The highest BCUT2D eigenvalue weighted by Gasteiger charge is 2.38. The standard InChI is InChI=1S/C51H51N/c1-51(2)49-30-23-40(45-14-8-12-37-11-6-7-13-44(37)45)32-48(49)46-29-28-43(33-50(46)51)52(41-24-19-36(20-25-41)35-9-4-3-5-10-35)42-26-21-39(22-27-42)47-31-34-15-17-38(47)18-16-34/h6-8,11-14,19-30,32-35,38,47H,3-5,9-10,15-18,31H2,1-2H3. The van der Waals surface area contributed by atoms with Crippen LogP contribution in [0.4, 0.5) is 17.1 Å². The molecule has 1 heteroatoms. The summed E-state index contributed by atoms with van der Waals surface area (Å²) < 4.78 is 0. The maximum absolute atomic E-state index is 2.52. The SMILES string of the molecule is CC1(C)c2ccc(-c3cccc4ccccc34)cc2-c2ccc(N(c3ccc(C4CCCCC4)cc3)c3ccc(C4CC5CCC4CC5)cc3)cc21. The van der Waals surface area contributed by atoms with Crippen molar-refractivity contribution in [2.75, 3.05) is 4.90 Å². The molecule has 4 saturated carbocycles. The molecule has 6 aromatic carbocycles. The Kier molecular flexibility index (Phi) is 7.89. The van der Waals surface area contributed by atoms with Crippen LogP contribution in [-0.2, 0) is 5.41 Å². The number of rotatable bonds is 6. The minimum Gasteiger partial charge on any atom is -0.310 e. The molecule has 1 nitrogen and oxygen atoms in total. The van der Waals surface area contributed by atoms with Crippen molar-refractivity contribution in [3.8, 4) is 22.3 Å². The van der Waals surface area contributed by atoms with E-state index in [1.54, 1.807) is 5.56 Å². The van der Waals surface area contributed by atoms with Crippen LogP contribution in [0.2, 0.25) is 0 Å². The summed E-state index contributed by atoms with van der Waals surface area (Å²) in [6.45, 7) is 4.82.